The van der Waals surface area contributed by atoms with Crippen molar-refractivity contribution < 1.29 is 9.53 Å². The van der Waals surface area contributed by atoms with Crippen molar-refractivity contribution in [2.75, 3.05) is 7.11 Å². The first-order chi connectivity index (χ1) is 14.0. The number of ether oxygens (including phenoxy) is 1. The van der Waals surface area contributed by atoms with E-state index in [0.29, 0.717) is 23.5 Å². The molecule has 4 saturated carbocycles. The summed E-state index contributed by atoms with van der Waals surface area (Å²) in [5, 5.41) is 6.57. The molecule has 3 N–H and O–H groups in total. The van der Waals surface area contributed by atoms with E-state index in [1.54, 1.807) is 6.33 Å². The van der Waals surface area contributed by atoms with Crippen molar-refractivity contribution in [2.24, 2.45) is 16.8 Å². The number of carbonyl (C=O) groups excluding carboxylic acids is 1. The third kappa shape index (κ3) is 2.79. The van der Waals surface area contributed by atoms with Crippen LogP contribution in [0.1, 0.15) is 44.1 Å². The minimum absolute atomic E-state index is 0.00209. The molecular formula is C22H25N5O2. The van der Waals surface area contributed by atoms with Gasteiger partial charge in [0.15, 0.2) is 0 Å². The van der Waals surface area contributed by atoms with Crippen LogP contribution in [0, 0.1) is 11.8 Å². The Bertz CT molecular complexity index is 1050. The number of aromatic amines is 1. The van der Waals surface area contributed by atoms with Crippen LogP contribution in [-0.2, 0) is 9.53 Å². The Morgan fingerprint density at radius 1 is 1.24 bits per heavy atom. The van der Waals surface area contributed by atoms with E-state index in [1.165, 1.54) is 19.3 Å². The monoisotopic (exact) mass is 391 g/mol. The summed E-state index contributed by atoms with van der Waals surface area (Å²) in [6, 6.07) is 5.88. The zero-order valence-corrected chi connectivity index (χ0v) is 16.5. The van der Waals surface area contributed by atoms with Crippen LogP contribution in [0.3, 0.4) is 0 Å². The lowest BCUT2D eigenvalue weighted by atomic mass is 9.51. The number of H-pyrrole nitrogens is 1. The van der Waals surface area contributed by atoms with Gasteiger partial charge in [-0.05, 0) is 74.1 Å². The fourth-order valence-electron chi connectivity index (χ4n) is 6.54. The molecule has 1 aliphatic heterocycles. The number of rotatable bonds is 3. The summed E-state index contributed by atoms with van der Waals surface area (Å²) in [5.74, 6) is 1.82. The summed E-state index contributed by atoms with van der Waals surface area (Å²) in [6.07, 6.45) is 10.4. The predicted molar refractivity (Wildman–Crippen MR) is 110 cm³/mol. The Morgan fingerprint density at radius 3 is 2.86 bits per heavy atom. The third-order valence-electron chi connectivity index (χ3n) is 7.27. The van der Waals surface area contributed by atoms with E-state index < -0.39 is 0 Å². The van der Waals surface area contributed by atoms with Crippen molar-refractivity contribution in [3.8, 4) is 0 Å². The number of aromatic nitrogens is 2. The first-order valence-corrected chi connectivity index (χ1v) is 10.4. The Labute approximate surface area is 169 Å². The van der Waals surface area contributed by atoms with Gasteiger partial charge in [0.1, 0.15) is 5.70 Å². The van der Waals surface area contributed by atoms with Gasteiger partial charge >= 0.3 is 0 Å². The lowest BCUT2D eigenvalue weighted by molar-refractivity contribution is -0.157. The zero-order chi connectivity index (χ0) is 19.6. The molecule has 4 fully saturated rings. The lowest BCUT2D eigenvalue weighted by Gasteiger charge is -2.61. The maximum atomic E-state index is 12.5. The molecule has 5 aliphatic rings. The first-order valence-electron chi connectivity index (χ1n) is 10.4. The van der Waals surface area contributed by atoms with Crippen molar-refractivity contribution in [3.63, 3.8) is 0 Å². The normalized spacial score (nSPS) is 36.7. The van der Waals surface area contributed by atoms with Crippen LogP contribution in [-0.4, -0.2) is 40.1 Å². The SMILES string of the molecule is COC12CC3CC(CC(NC4=N/C(=C\c5ccc6[nH]cnc6c5)C(=O)N4)(C3)C1)C2. The van der Waals surface area contributed by atoms with Crippen LogP contribution in [0.5, 0.6) is 0 Å². The Hall–Kier alpha value is -2.67. The Kier molecular flexibility index (Phi) is 3.51. The molecule has 2 aromatic rings. The fraction of sp³-hybridized carbons (Fsp3) is 0.500. The zero-order valence-electron chi connectivity index (χ0n) is 16.5. The van der Waals surface area contributed by atoms with E-state index in [2.05, 4.69) is 25.6 Å². The van der Waals surface area contributed by atoms with E-state index in [4.69, 9.17) is 4.74 Å². The van der Waals surface area contributed by atoms with Crippen molar-refractivity contribution in [1.82, 2.24) is 20.6 Å². The fourth-order valence-corrected chi connectivity index (χ4v) is 6.54. The van der Waals surface area contributed by atoms with Gasteiger partial charge in [-0.3, -0.25) is 10.1 Å². The Morgan fingerprint density at radius 2 is 2.07 bits per heavy atom. The highest BCUT2D eigenvalue weighted by molar-refractivity contribution is 6.14. The van der Waals surface area contributed by atoms with Gasteiger partial charge in [-0.25, -0.2) is 9.98 Å². The average molecular weight is 391 g/mol. The molecule has 29 heavy (non-hydrogen) atoms. The highest BCUT2D eigenvalue weighted by atomic mass is 16.5. The molecule has 2 atom stereocenters. The van der Waals surface area contributed by atoms with E-state index in [-0.39, 0.29) is 17.0 Å². The number of nitrogens with zero attached hydrogens (tertiary/aromatic N) is 2. The van der Waals surface area contributed by atoms with Crippen molar-refractivity contribution >= 4 is 29.0 Å². The van der Waals surface area contributed by atoms with E-state index >= 15 is 0 Å². The molecular weight excluding hydrogens is 366 g/mol. The van der Waals surface area contributed by atoms with Crippen LogP contribution in [0.25, 0.3) is 17.1 Å². The molecule has 4 bridgehead atoms. The number of amides is 1. The lowest BCUT2D eigenvalue weighted by Crippen LogP contribution is -2.66. The van der Waals surface area contributed by atoms with Gasteiger partial charge in [0, 0.05) is 12.6 Å². The smallest absolute Gasteiger partial charge is 0.276 e. The molecule has 0 radical (unpaired) electrons. The van der Waals surface area contributed by atoms with Gasteiger partial charge in [-0.1, -0.05) is 6.07 Å². The summed E-state index contributed by atoms with van der Waals surface area (Å²) < 4.78 is 6.00. The number of hydrogen-bond donors (Lipinski definition) is 3. The molecule has 2 heterocycles. The number of fused-ring (bicyclic) bond motifs is 1. The van der Waals surface area contributed by atoms with Crippen molar-refractivity contribution in [2.45, 2.75) is 49.7 Å². The summed E-state index contributed by atoms with van der Waals surface area (Å²) in [4.78, 5) is 24.5. The van der Waals surface area contributed by atoms with E-state index in [1.807, 2.05) is 31.4 Å². The van der Waals surface area contributed by atoms with Gasteiger partial charge in [0.2, 0.25) is 5.96 Å². The molecule has 1 aromatic heterocycles. The molecule has 0 spiro atoms. The minimum atomic E-state index is -0.166. The first kappa shape index (κ1) is 17.2. The average Bonchev–Trinajstić information content (AvgIpc) is 3.26. The molecule has 4 aliphatic carbocycles. The predicted octanol–water partition coefficient (Wildman–Crippen LogP) is 2.72. The summed E-state index contributed by atoms with van der Waals surface area (Å²) in [5.41, 5.74) is 3.16. The largest absolute Gasteiger partial charge is 0.378 e. The minimum Gasteiger partial charge on any atom is -0.378 e. The quantitative estimate of drug-likeness (QED) is 0.702. The van der Waals surface area contributed by atoms with Crippen molar-refractivity contribution in [1.29, 1.82) is 0 Å². The topological polar surface area (TPSA) is 91.4 Å². The second-order valence-corrected chi connectivity index (χ2v) is 9.38. The van der Waals surface area contributed by atoms with Gasteiger partial charge in [0.05, 0.1) is 23.0 Å². The van der Waals surface area contributed by atoms with Gasteiger partial charge < -0.3 is 15.0 Å². The third-order valence-corrected chi connectivity index (χ3v) is 7.27. The van der Waals surface area contributed by atoms with Crippen LogP contribution in [0.15, 0.2) is 35.2 Å². The highest BCUT2D eigenvalue weighted by Crippen LogP contribution is 2.58. The number of methoxy groups -OCH3 is 1. The van der Waals surface area contributed by atoms with Crippen LogP contribution < -0.4 is 10.6 Å². The van der Waals surface area contributed by atoms with Gasteiger partial charge in [0.25, 0.3) is 5.91 Å². The van der Waals surface area contributed by atoms with Crippen LogP contribution in [0.4, 0.5) is 0 Å². The second kappa shape index (κ2) is 5.92. The van der Waals surface area contributed by atoms with Gasteiger partial charge in [-0.15, -0.1) is 0 Å². The molecule has 7 heteroatoms. The number of carbonyl (C=O) groups is 1. The summed E-state index contributed by atoms with van der Waals surface area (Å²) >= 11 is 0. The molecule has 7 rings (SSSR count). The summed E-state index contributed by atoms with van der Waals surface area (Å²) in [7, 11) is 1.85. The maximum absolute atomic E-state index is 12.5. The Balaban J connectivity index is 1.27. The van der Waals surface area contributed by atoms with E-state index in [0.717, 1.165) is 35.9 Å². The highest BCUT2D eigenvalue weighted by Gasteiger charge is 2.58. The molecule has 1 amide bonds. The second-order valence-electron chi connectivity index (χ2n) is 9.38. The van der Waals surface area contributed by atoms with Crippen molar-refractivity contribution in [3.05, 3.63) is 35.8 Å². The number of benzene rings is 1. The number of hydrogen-bond acceptors (Lipinski definition) is 5. The number of nitrogens with one attached hydrogen (secondary N) is 3. The standard InChI is InChI=1S/C22H25N5O2/c1-29-22-9-14-4-15(10-22)8-21(7-14,11-22)27-20-25-18(19(28)26-20)6-13-2-3-16-17(5-13)24-12-23-16/h2-3,5-6,12,14-15H,4,7-11H2,1H3,(H,23,24)(H2,25,26,27,28)/b18-6-. The molecule has 0 saturated heterocycles. The number of aliphatic imine (C=N–C) groups is 1. The number of imidazole rings is 1. The van der Waals surface area contributed by atoms with Gasteiger partial charge in [-0.2, -0.15) is 0 Å². The number of guanidine groups is 1. The van der Waals surface area contributed by atoms with Crippen LogP contribution >= 0.6 is 0 Å². The molecule has 7 nitrogen and oxygen atoms in total. The molecule has 2 unspecified atom stereocenters. The summed E-state index contributed by atoms with van der Waals surface area (Å²) in [6.45, 7) is 0. The van der Waals surface area contributed by atoms with Crippen LogP contribution in [0.2, 0.25) is 0 Å². The maximum Gasteiger partial charge on any atom is 0.276 e. The molecule has 150 valence electrons. The molecule has 1 aromatic carbocycles. The van der Waals surface area contributed by atoms with E-state index in [9.17, 15) is 4.79 Å².